The van der Waals surface area contributed by atoms with Gasteiger partial charge in [0.05, 0.1) is 11.4 Å². The molecular weight excluding hydrogens is 307 g/mol. The van der Waals surface area contributed by atoms with Gasteiger partial charge in [0.15, 0.2) is 5.78 Å². The van der Waals surface area contributed by atoms with E-state index in [1.54, 1.807) is 48.5 Å². The van der Waals surface area contributed by atoms with Gasteiger partial charge >= 0.3 is 0 Å². The molecule has 1 aromatic heterocycles. The summed E-state index contributed by atoms with van der Waals surface area (Å²) in [5.74, 6) is -0.481. The Bertz CT molecular complexity index is 894. The van der Waals surface area contributed by atoms with Crippen LogP contribution in [0.2, 0.25) is 0 Å². The van der Waals surface area contributed by atoms with E-state index >= 15 is 0 Å². The van der Waals surface area contributed by atoms with Gasteiger partial charge in [0.1, 0.15) is 12.1 Å². The maximum Gasteiger partial charge on any atom is 0.185 e. The van der Waals surface area contributed by atoms with Crippen molar-refractivity contribution in [1.82, 2.24) is 10.2 Å². The summed E-state index contributed by atoms with van der Waals surface area (Å²) in [6, 6.07) is 14.2. The average molecular weight is 320 g/mol. The Kier molecular flexibility index (Phi) is 4.43. The molecule has 4 nitrogen and oxygen atoms in total. The van der Waals surface area contributed by atoms with Crippen molar-refractivity contribution in [2.45, 2.75) is 0 Å². The third-order valence-corrected chi connectivity index (χ3v) is 3.48. The zero-order valence-electron chi connectivity index (χ0n) is 12.6. The number of H-pyrrole nitrogens is 1. The van der Waals surface area contributed by atoms with E-state index in [0.717, 1.165) is 11.8 Å². The molecule has 1 heterocycles. The quantitative estimate of drug-likeness (QED) is 0.440. The lowest BCUT2D eigenvalue weighted by atomic mass is 10.1. The van der Waals surface area contributed by atoms with Crippen molar-refractivity contribution in [3.8, 4) is 11.3 Å². The van der Waals surface area contributed by atoms with Gasteiger partial charge in [-0.1, -0.05) is 24.3 Å². The molecule has 24 heavy (non-hydrogen) atoms. The van der Waals surface area contributed by atoms with Gasteiger partial charge in [0.25, 0.3) is 0 Å². The van der Waals surface area contributed by atoms with E-state index in [9.17, 15) is 14.0 Å². The average Bonchev–Trinajstić information content (AvgIpc) is 3.09. The zero-order valence-corrected chi connectivity index (χ0v) is 12.6. The normalized spacial score (nSPS) is 10.9. The third-order valence-electron chi connectivity index (χ3n) is 3.48. The molecule has 0 saturated heterocycles. The number of aldehydes is 1. The summed E-state index contributed by atoms with van der Waals surface area (Å²) in [5.41, 5.74) is 3.12. The number of carbonyl (C=O) groups excluding carboxylic acids is 2. The largest absolute Gasteiger partial charge is 0.298 e. The minimum absolute atomic E-state index is 0.176. The number of ketones is 1. The summed E-state index contributed by atoms with van der Waals surface area (Å²) < 4.78 is 12.9. The second kappa shape index (κ2) is 6.83. The second-order valence-electron chi connectivity index (χ2n) is 5.15. The molecule has 0 atom stereocenters. The van der Waals surface area contributed by atoms with Crippen LogP contribution in [0.15, 0.2) is 60.7 Å². The SMILES string of the molecule is O=Cc1ccc(C(=O)/C=C/c2cc(-c3ccc(F)cc3)n[nH]2)cc1. The summed E-state index contributed by atoms with van der Waals surface area (Å²) in [7, 11) is 0. The number of allylic oxidation sites excluding steroid dienone is 1. The fourth-order valence-electron chi connectivity index (χ4n) is 2.18. The smallest absolute Gasteiger partial charge is 0.185 e. The van der Waals surface area contributed by atoms with Crippen molar-refractivity contribution in [2.24, 2.45) is 0 Å². The standard InChI is InChI=1S/C19H13FN2O2/c20-16-7-5-14(6-8-16)18-11-17(21-22-18)9-10-19(24)15-3-1-13(12-23)2-4-15/h1-12H,(H,21,22)/b10-9+. The summed E-state index contributed by atoms with van der Waals surface area (Å²) in [5, 5.41) is 6.96. The van der Waals surface area contributed by atoms with Crippen molar-refractivity contribution < 1.29 is 14.0 Å². The molecule has 0 bridgehead atoms. The third kappa shape index (κ3) is 3.52. The van der Waals surface area contributed by atoms with E-state index < -0.39 is 0 Å². The molecule has 0 radical (unpaired) electrons. The molecule has 118 valence electrons. The van der Waals surface area contributed by atoms with Crippen LogP contribution in [-0.4, -0.2) is 22.3 Å². The maximum absolute atomic E-state index is 12.9. The van der Waals surface area contributed by atoms with Crippen LogP contribution < -0.4 is 0 Å². The number of halogens is 1. The molecule has 5 heteroatoms. The van der Waals surface area contributed by atoms with Crippen molar-refractivity contribution >= 4 is 18.1 Å². The predicted molar refractivity (Wildman–Crippen MR) is 89.2 cm³/mol. The van der Waals surface area contributed by atoms with Gasteiger partial charge in [-0.25, -0.2) is 4.39 Å². The van der Waals surface area contributed by atoms with E-state index in [0.29, 0.717) is 22.5 Å². The Morgan fingerprint density at radius 3 is 2.42 bits per heavy atom. The Morgan fingerprint density at radius 1 is 1.04 bits per heavy atom. The van der Waals surface area contributed by atoms with Crippen LogP contribution in [0, 0.1) is 5.82 Å². The number of aromatic amines is 1. The first-order valence-electron chi connectivity index (χ1n) is 7.25. The highest BCUT2D eigenvalue weighted by atomic mass is 19.1. The Hall–Kier alpha value is -3.34. The molecule has 0 unspecified atom stereocenters. The lowest BCUT2D eigenvalue weighted by Crippen LogP contribution is -1.94. The Labute approximate surface area is 137 Å². The van der Waals surface area contributed by atoms with Gasteiger partial charge in [-0.05, 0) is 42.5 Å². The minimum Gasteiger partial charge on any atom is -0.298 e. The first-order valence-corrected chi connectivity index (χ1v) is 7.25. The van der Waals surface area contributed by atoms with Crippen molar-refractivity contribution in [2.75, 3.05) is 0 Å². The summed E-state index contributed by atoms with van der Waals surface area (Å²) in [6.07, 6.45) is 3.78. The highest BCUT2D eigenvalue weighted by Gasteiger charge is 2.04. The van der Waals surface area contributed by atoms with Crippen LogP contribution in [0.4, 0.5) is 4.39 Å². The lowest BCUT2D eigenvalue weighted by Gasteiger charge is -1.95. The van der Waals surface area contributed by atoms with Crippen LogP contribution in [0.25, 0.3) is 17.3 Å². The predicted octanol–water partition coefficient (Wildman–Crippen LogP) is 3.92. The Morgan fingerprint density at radius 2 is 1.75 bits per heavy atom. The first-order chi connectivity index (χ1) is 11.7. The summed E-state index contributed by atoms with van der Waals surface area (Å²) in [4.78, 5) is 22.7. The highest BCUT2D eigenvalue weighted by molar-refractivity contribution is 6.07. The topological polar surface area (TPSA) is 62.8 Å². The van der Waals surface area contributed by atoms with Gasteiger partial charge < -0.3 is 0 Å². The van der Waals surface area contributed by atoms with Crippen molar-refractivity contribution in [3.05, 3.63) is 83.3 Å². The molecule has 3 aromatic rings. The van der Waals surface area contributed by atoms with Crippen LogP contribution in [0.3, 0.4) is 0 Å². The molecule has 0 spiro atoms. The fourth-order valence-corrected chi connectivity index (χ4v) is 2.18. The van der Waals surface area contributed by atoms with Gasteiger partial charge in [-0.15, -0.1) is 0 Å². The molecule has 0 aliphatic rings. The number of nitrogens with one attached hydrogen (secondary N) is 1. The Balaban J connectivity index is 1.73. The van der Waals surface area contributed by atoms with E-state index in [-0.39, 0.29) is 11.6 Å². The summed E-state index contributed by atoms with van der Waals surface area (Å²) in [6.45, 7) is 0. The van der Waals surface area contributed by atoms with E-state index in [1.165, 1.54) is 18.2 Å². The molecular formula is C19H13FN2O2. The lowest BCUT2D eigenvalue weighted by molar-refractivity contribution is 0.104. The summed E-state index contributed by atoms with van der Waals surface area (Å²) >= 11 is 0. The fraction of sp³-hybridized carbons (Fsp3) is 0. The second-order valence-corrected chi connectivity index (χ2v) is 5.15. The van der Waals surface area contributed by atoms with Gasteiger partial charge in [0, 0.05) is 16.7 Å². The number of rotatable bonds is 5. The highest BCUT2D eigenvalue weighted by Crippen LogP contribution is 2.18. The van der Waals surface area contributed by atoms with Gasteiger partial charge in [0.2, 0.25) is 0 Å². The molecule has 0 saturated carbocycles. The van der Waals surface area contributed by atoms with Crippen LogP contribution in [0.5, 0.6) is 0 Å². The van der Waals surface area contributed by atoms with E-state index in [1.807, 2.05) is 0 Å². The van der Waals surface area contributed by atoms with E-state index in [4.69, 9.17) is 0 Å². The maximum atomic E-state index is 12.9. The molecule has 0 aliphatic carbocycles. The van der Waals surface area contributed by atoms with E-state index in [2.05, 4.69) is 10.2 Å². The van der Waals surface area contributed by atoms with Crippen molar-refractivity contribution in [1.29, 1.82) is 0 Å². The number of hydrogen-bond acceptors (Lipinski definition) is 3. The number of carbonyl (C=O) groups is 2. The number of aromatic nitrogens is 2. The van der Waals surface area contributed by atoms with Gasteiger partial charge in [-0.2, -0.15) is 5.10 Å². The van der Waals surface area contributed by atoms with Crippen molar-refractivity contribution in [3.63, 3.8) is 0 Å². The van der Waals surface area contributed by atoms with Crippen LogP contribution >= 0.6 is 0 Å². The first kappa shape index (κ1) is 15.6. The minimum atomic E-state index is -0.305. The number of hydrogen-bond donors (Lipinski definition) is 1. The zero-order chi connectivity index (χ0) is 16.9. The van der Waals surface area contributed by atoms with Gasteiger partial charge in [-0.3, -0.25) is 14.7 Å². The molecule has 0 amide bonds. The molecule has 0 aliphatic heterocycles. The molecule has 0 fully saturated rings. The molecule has 3 rings (SSSR count). The van der Waals surface area contributed by atoms with Crippen LogP contribution in [0.1, 0.15) is 26.4 Å². The number of nitrogens with zero attached hydrogens (tertiary/aromatic N) is 1. The molecule has 1 N–H and O–H groups in total. The monoisotopic (exact) mass is 320 g/mol. The number of benzene rings is 2. The molecule has 2 aromatic carbocycles. The van der Waals surface area contributed by atoms with Crippen LogP contribution in [-0.2, 0) is 0 Å².